The van der Waals surface area contributed by atoms with Crippen LogP contribution in [0.4, 0.5) is 5.69 Å². The summed E-state index contributed by atoms with van der Waals surface area (Å²) in [7, 11) is 0. The molecule has 3 heteroatoms. The minimum absolute atomic E-state index is 0.0531. The molecule has 1 aromatic carbocycles. The summed E-state index contributed by atoms with van der Waals surface area (Å²) in [4.78, 5) is 16.9. The summed E-state index contributed by atoms with van der Waals surface area (Å²) in [5.41, 5.74) is 4.01. The minimum atomic E-state index is 0.0531. The first kappa shape index (κ1) is 18.1. The van der Waals surface area contributed by atoms with Gasteiger partial charge in [0, 0.05) is 22.9 Å². The quantitative estimate of drug-likeness (QED) is 0.493. The molecule has 0 amide bonds. The first-order chi connectivity index (χ1) is 12.7. The fraction of sp³-hybridized carbons (Fsp3) is 0.667. The molecule has 0 aliphatic heterocycles. The molecule has 144 valence electrons. The van der Waals surface area contributed by atoms with E-state index in [0.29, 0.717) is 28.4 Å². The molecule has 5 aliphatic rings. The Morgan fingerprint density at radius 1 is 1.00 bits per heavy atom. The maximum atomic E-state index is 12.0. The second-order valence-corrected chi connectivity index (χ2v) is 12.5. The molecule has 0 spiro atoms. The van der Waals surface area contributed by atoms with Gasteiger partial charge in [0.25, 0.3) is 0 Å². The Balaban J connectivity index is 1.40. The molecule has 27 heavy (non-hydrogen) atoms. The highest BCUT2D eigenvalue weighted by atomic mass is 79.9. The first-order valence-electron chi connectivity index (χ1n) is 10.6. The summed E-state index contributed by atoms with van der Waals surface area (Å²) in [5, 5.41) is 0. The number of Topliss-reactive ketones (excluding diaryl/α,β-unsaturated/α-hetero) is 1. The SMILES string of the molecule is CC1(C)CC(=O)CC(=Nc2ccc(C34C[C@@H]5C[C@@H](CC(Br)(C5)C3)C4)cc2)C1. The third kappa shape index (κ3) is 3.34. The van der Waals surface area contributed by atoms with Gasteiger partial charge in [-0.3, -0.25) is 9.79 Å². The van der Waals surface area contributed by atoms with Gasteiger partial charge in [-0.25, -0.2) is 0 Å². The lowest BCUT2D eigenvalue weighted by Gasteiger charge is -2.60. The third-order valence-electron chi connectivity index (χ3n) is 7.52. The molecular weight excluding hydrogens is 398 g/mol. The molecule has 0 N–H and O–H groups in total. The number of rotatable bonds is 2. The summed E-state index contributed by atoms with van der Waals surface area (Å²) in [6.07, 6.45) is 10.4. The number of benzene rings is 1. The number of nitrogens with zero attached hydrogens (tertiary/aromatic N) is 1. The highest BCUT2D eigenvalue weighted by Gasteiger charge is 2.57. The van der Waals surface area contributed by atoms with Crippen LogP contribution in [0.3, 0.4) is 0 Å². The third-order valence-corrected chi connectivity index (χ3v) is 8.44. The van der Waals surface area contributed by atoms with Crippen molar-refractivity contribution in [2.45, 2.75) is 81.4 Å². The standard InChI is InChI=1S/C24H30BrNO/c1-22(2)13-20(8-21(27)14-22)26-19-5-3-18(4-6-19)23-9-16-7-17(10-23)12-24(25,11-16)15-23/h3-6,16-17H,7-15H2,1-2H3/t16-,17+,23?,24?. The first-order valence-corrected chi connectivity index (χ1v) is 11.4. The zero-order valence-corrected chi connectivity index (χ0v) is 18.1. The van der Waals surface area contributed by atoms with Crippen LogP contribution in [0.15, 0.2) is 29.3 Å². The number of carbonyl (C=O) groups excluding carboxylic acids is 1. The van der Waals surface area contributed by atoms with Crippen LogP contribution in [0.25, 0.3) is 0 Å². The normalized spacial score (nSPS) is 41.3. The fourth-order valence-electron chi connectivity index (χ4n) is 7.14. The van der Waals surface area contributed by atoms with Gasteiger partial charge in [0.05, 0.1) is 5.69 Å². The molecular formula is C24H30BrNO. The van der Waals surface area contributed by atoms with E-state index >= 15 is 0 Å². The molecule has 5 aliphatic carbocycles. The van der Waals surface area contributed by atoms with Gasteiger partial charge in [-0.15, -0.1) is 0 Å². The van der Waals surface area contributed by atoms with E-state index in [1.165, 1.54) is 44.1 Å². The van der Waals surface area contributed by atoms with Crippen molar-refractivity contribution in [3.05, 3.63) is 29.8 Å². The summed E-state index contributed by atoms with van der Waals surface area (Å²) >= 11 is 4.13. The Morgan fingerprint density at radius 3 is 2.26 bits per heavy atom. The summed E-state index contributed by atoms with van der Waals surface area (Å²) < 4.78 is 0.393. The number of hydrogen-bond acceptors (Lipinski definition) is 2. The van der Waals surface area contributed by atoms with E-state index in [9.17, 15) is 4.79 Å². The average Bonchev–Trinajstić information content (AvgIpc) is 2.51. The Kier molecular flexibility index (Phi) is 4.03. The van der Waals surface area contributed by atoms with Gasteiger partial charge in [-0.1, -0.05) is 41.9 Å². The van der Waals surface area contributed by atoms with Crippen LogP contribution in [0.2, 0.25) is 0 Å². The van der Waals surface area contributed by atoms with Crippen molar-refractivity contribution < 1.29 is 4.79 Å². The monoisotopic (exact) mass is 427 g/mol. The molecule has 2 nitrogen and oxygen atoms in total. The maximum Gasteiger partial charge on any atom is 0.139 e. The van der Waals surface area contributed by atoms with E-state index in [0.717, 1.165) is 29.7 Å². The van der Waals surface area contributed by atoms with Crippen LogP contribution in [-0.2, 0) is 10.2 Å². The molecule has 5 fully saturated rings. The highest BCUT2D eigenvalue weighted by molar-refractivity contribution is 9.10. The lowest BCUT2D eigenvalue weighted by Crippen LogP contribution is -2.54. The van der Waals surface area contributed by atoms with Gasteiger partial charge in [-0.05, 0) is 85.3 Å². The van der Waals surface area contributed by atoms with E-state index in [1.807, 2.05) is 0 Å². The molecule has 1 aromatic rings. The molecule has 2 unspecified atom stereocenters. The zero-order chi connectivity index (χ0) is 18.9. The van der Waals surface area contributed by atoms with E-state index in [2.05, 4.69) is 54.0 Å². The number of carbonyl (C=O) groups is 1. The number of halogens is 1. The van der Waals surface area contributed by atoms with Gasteiger partial charge in [0.1, 0.15) is 5.78 Å². The molecule has 0 radical (unpaired) electrons. The van der Waals surface area contributed by atoms with Gasteiger partial charge >= 0.3 is 0 Å². The summed E-state index contributed by atoms with van der Waals surface area (Å²) in [5.74, 6) is 2.14. The van der Waals surface area contributed by atoms with Crippen molar-refractivity contribution in [3.63, 3.8) is 0 Å². The van der Waals surface area contributed by atoms with Crippen molar-refractivity contribution in [2.24, 2.45) is 22.2 Å². The van der Waals surface area contributed by atoms with Gasteiger partial charge in [0.2, 0.25) is 0 Å². The number of aliphatic imine (C=N–C) groups is 1. The van der Waals surface area contributed by atoms with E-state index in [4.69, 9.17) is 4.99 Å². The van der Waals surface area contributed by atoms with Gasteiger partial charge in [-0.2, -0.15) is 0 Å². The molecule has 0 aromatic heterocycles. The molecule has 4 atom stereocenters. The van der Waals surface area contributed by atoms with Crippen molar-refractivity contribution in [2.75, 3.05) is 0 Å². The van der Waals surface area contributed by atoms with Crippen molar-refractivity contribution in [1.82, 2.24) is 0 Å². The lowest BCUT2D eigenvalue weighted by atomic mass is 9.48. The van der Waals surface area contributed by atoms with E-state index in [-0.39, 0.29) is 5.41 Å². The summed E-state index contributed by atoms with van der Waals surface area (Å²) in [6.45, 7) is 4.34. The van der Waals surface area contributed by atoms with Crippen LogP contribution in [0.5, 0.6) is 0 Å². The maximum absolute atomic E-state index is 12.0. The Hall–Kier alpha value is -0.960. The van der Waals surface area contributed by atoms with Crippen LogP contribution < -0.4 is 0 Å². The van der Waals surface area contributed by atoms with Crippen molar-refractivity contribution >= 4 is 33.1 Å². The second-order valence-electron chi connectivity index (χ2n) is 10.9. The molecule has 0 heterocycles. The zero-order valence-electron chi connectivity index (χ0n) is 16.6. The topological polar surface area (TPSA) is 29.4 Å². The molecule has 4 bridgehead atoms. The second kappa shape index (κ2) is 6.02. The van der Waals surface area contributed by atoms with E-state index < -0.39 is 0 Å². The fourth-order valence-corrected chi connectivity index (χ4v) is 8.59. The number of alkyl halides is 1. The minimum Gasteiger partial charge on any atom is -0.299 e. The predicted molar refractivity (Wildman–Crippen MR) is 114 cm³/mol. The highest BCUT2D eigenvalue weighted by Crippen LogP contribution is 2.64. The van der Waals surface area contributed by atoms with Crippen molar-refractivity contribution in [3.8, 4) is 0 Å². The molecule has 6 rings (SSSR count). The Morgan fingerprint density at radius 2 is 1.67 bits per heavy atom. The van der Waals surface area contributed by atoms with Gasteiger partial charge in [0.15, 0.2) is 0 Å². The van der Waals surface area contributed by atoms with Crippen LogP contribution >= 0.6 is 15.9 Å². The van der Waals surface area contributed by atoms with Crippen molar-refractivity contribution in [1.29, 1.82) is 0 Å². The number of hydrogen-bond donors (Lipinski definition) is 0. The van der Waals surface area contributed by atoms with Crippen LogP contribution in [0, 0.1) is 17.3 Å². The molecule has 0 saturated heterocycles. The van der Waals surface area contributed by atoms with Crippen LogP contribution in [0.1, 0.15) is 77.2 Å². The lowest BCUT2D eigenvalue weighted by molar-refractivity contribution is -0.120. The van der Waals surface area contributed by atoms with Gasteiger partial charge < -0.3 is 0 Å². The van der Waals surface area contributed by atoms with Crippen LogP contribution in [-0.4, -0.2) is 15.8 Å². The summed E-state index contributed by atoms with van der Waals surface area (Å²) in [6, 6.07) is 9.04. The van der Waals surface area contributed by atoms with E-state index in [1.54, 1.807) is 0 Å². The number of ketones is 1. The molecule has 5 saturated carbocycles. The predicted octanol–water partition coefficient (Wildman–Crippen LogP) is 6.52. The Bertz CT molecular complexity index is 792. The smallest absolute Gasteiger partial charge is 0.139 e. The Labute approximate surface area is 171 Å². The average molecular weight is 428 g/mol. The largest absolute Gasteiger partial charge is 0.299 e.